The first-order chi connectivity index (χ1) is 7.45. The summed E-state index contributed by atoms with van der Waals surface area (Å²) in [5.74, 6) is 0. The van der Waals surface area contributed by atoms with Gasteiger partial charge in [-0.1, -0.05) is 0 Å². The molecule has 4 heteroatoms. The Labute approximate surface area is 90.3 Å². The molecule has 0 amide bonds. The van der Waals surface area contributed by atoms with E-state index in [0.29, 0.717) is 0 Å². The minimum atomic E-state index is 0.882. The minimum absolute atomic E-state index is 0.882. The maximum absolute atomic E-state index is 5.30. The molecule has 1 aromatic heterocycles. The highest BCUT2D eigenvalue weighted by molar-refractivity contribution is 4.97. The number of ether oxygens (including phenoxy) is 1. The van der Waals surface area contributed by atoms with Crippen molar-refractivity contribution >= 4 is 0 Å². The maximum atomic E-state index is 5.30. The van der Waals surface area contributed by atoms with E-state index in [-0.39, 0.29) is 0 Å². The van der Waals surface area contributed by atoms with Crippen LogP contribution in [-0.2, 0) is 11.2 Å². The van der Waals surface area contributed by atoms with E-state index in [1.807, 2.05) is 6.07 Å². The molecule has 2 rings (SSSR count). The van der Waals surface area contributed by atoms with Crippen molar-refractivity contribution < 1.29 is 4.74 Å². The third kappa shape index (κ3) is 3.57. The van der Waals surface area contributed by atoms with E-state index in [0.717, 1.165) is 51.4 Å². The summed E-state index contributed by atoms with van der Waals surface area (Å²) >= 11 is 0. The second kappa shape index (κ2) is 5.78. The molecule has 1 aliphatic rings. The Morgan fingerprint density at radius 3 is 2.93 bits per heavy atom. The van der Waals surface area contributed by atoms with E-state index >= 15 is 0 Å². The summed E-state index contributed by atoms with van der Waals surface area (Å²) in [5, 5.41) is 0. The fourth-order valence-corrected chi connectivity index (χ4v) is 1.77. The Kier molecular flexibility index (Phi) is 4.05. The summed E-state index contributed by atoms with van der Waals surface area (Å²) in [4.78, 5) is 10.6. The highest BCUT2D eigenvalue weighted by Gasteiger charge is 2.09. The second-order valence-electron chi connectivity index (χ2n) is 3.76. The van der Waals surface area contributed by atoms with Crippen LogP contribution in [0.2, 0.25) is 0 Å². The number of nitrogens with zero attached hydrogens (tertiary/aromatic N) is 3. The van der Waals surface area contributed by atoms with Crippen molar-refractivity contribution in [3.63, 3.8) is 0 Å². The molecule has 15 heavy (non-hydrogen) atoms. The van der Waals surface area contributed by atoms with E-state index in [9.17, 15) is 0 Å². The summed E-state index contributed by atoms with van der Waals surface area (Å²) in [5.41, 5.74) is 1.14. The second-order valence-corrected chi connectivity index (χ2v) is 3.76. The van der Waals surface area contributed by atoms with Crippen LogP contribution in [-0.4, -0.2) is 47.7 Å². The lowest BCUT2D eigenvalue weighted by molar-refractivity contribution is 0.0374. The summed E-state index contributed by atoms with van der Waals surface area (Å²) in [6.45, 7) is 5.06. The normalized spacial score (nSPS) is 17.9. The van der Waals surface area contributed by atoms with Crippen molar-refractivity contribution in [3.05, 3.63) is 24.3 Å². The van der Waals surface area contributed by atoms with Crippen LogP contribution in [0, 0.1) is 0 Å². The predicted molar refractivity (Wildman–Crippen MR) is 57.6 cm³/mol. The van der Waals surface area contributed by atoms with Gasteiger partial charge in [0.25, 0.3) is 0 Å². The Morgan fingerprint density at radius 2 is 2.20 bits per heavy atom. The van der Waals surface area contributed by atoms with E-state index in [2.05, 4.69) is 14.9 Å². The first-order valence-corrected chi connectivity index (χ1v) is 5.50. The van der Waals surface area contributed by atoms with Gasteiger partial charge >= 0.3 is 0 Å². The van der Waals surface area contributed by atoms with Crippen molar-refractivity contribution in [1.29, 1.82) is 0 Å². The van der Waals surface area contributed by atoms with Gasteiger partial charge in [-0.05, 0) is 25.5 Å². The summed E-state index contributed by atoms with van der Waals surface area (Å²) in [7, 11) is 0. The van der Waals surface area contributed by atoms with Gasteiger partial charge < -0.3 is 4.74 Å². The number of aryl methyl sites for hydroxylation is 1. The zero-order chi connectivity index (χ0) is 10.3. The topological polar surface area (TPSA) is 38.2 Å². The molecule has 2 heterocycles. The lowest BCUT2D eigenvalue weighted by Crippen LogP contribution is -2.36. The van der Waals surface area contributed by atoms with E-state index in [1.54, 1.807) is 12.5 Å². The van der Waals surface area contributed by atoms with Gasteiger partial charge in [0, 0.05) is 25.0 Å². The number of hydrogen-bond donors (Lipinski definition) is 0. The van der Waals surface area contributed by atoms with E-state index in [1.165, 1.54) is 0 Å². The van der Waals surface area contributed by atoms with Crippen molar-refractivity contribution in [3.8, 4) is 0 Å². The minimum Gasteiger partial charge on any atom is -0.379 e. The zero-order valence-electron chi connectivity index (χ0n) is 8.93. The van der Waals surface area contributed by atoms with Gasteiger partial charge in [-0.2, -0.15) is 0 Å². The van der Waals surface area contributed by atoms with Crippen molar-refractivity contribution in [2.75, 3.05) is 32.8 Å². The van der Waals surface area contributed by atoms with Gasteiger partial charge in [-0.3, -0.25) is 4.90 Å². The van der Waals surface area contributed by atoms with Crippen LogP contribution in [0.25, 0.3) is 0 Å². The van der Waals surface area contributed by atoms with Gasteiger partial charge in [-0.25, -0.2) is 9.97 Å². The molecule has 0 atom stereocenters. The molecule has 0 radical (unpaired) electrons. The molecule has 1 fully saturated rings. The fraction of sp³-hybridized carbons (Fsp3) is 0.636. The molecule has 1 saturated heterocycles. The summed E-state index contributed by atoms with van der Waals surface area (Å²) in [6.07, 6.45) is 5.62. The van der Waals surface area contributed by atoms with E-state index in [4.69, 9.17) is 4.74 Å². The van der Waals surface area contributed by atoms with Gasteiger partial charge in [0.2, 0.25) is 0 Å². The fourth-order valence-electron chi connectivity index (χ4n) is 1.77. The lowest BCUT2D eigenvalue weighted by atomic mass is 10.2. The maximum Gasteiger partial charge on any atom is 0.115 e. The summed E-state index contributed by atoms with van der Waals surface area (Å²) < 4.78 is 5.30. The molecule has 4 nitrogen and oxygen atoms in total. The average Bonchev–Trinajstić information content (AvgIpc) is 2.32. The van der Waals surface area contributed by atoms with Crippen molar-refractivity contribution in [1.82, 2.24) is 14.9 Å². The highest BCUT2D eigenvalue weighted by atomic mass is 16.5. The van der Waals surface area contributed by atoms with Crippen LogP contribution in [0.4, 0.5) is 0 Å². The number of aromatic nitrogens is 2. The molecule has 0 N–H and O–H groups in total. The molecule has 82 valence electrons. The van der Waals surface area contributed by atoms with Crippen molar-refractivity contribution in [2.45, 2.75) is 12.8 Å². The Hall–Kier alpha value is -1.00. The quantitative estimate of drug-likeness (QED) is 0.730. The van der Waals surface area contributed by atoms with Gasteiger partial charge in [0.15, 0.2) is 0 Å². The third-order valence-electron chi connectivity index (χ3n) is 2.65. The molecule has 0 unspecified atom stereocenters. The van der Waals surface area contributed by atoms with Gasteiger partial charge in [0.1, 0.15) is 6.33 Å². The first kappa shape index (κ1) is 10.5. The highest BCUT2D eigenvalue weighted by Crippen LogP contribution is 2.01. The monoisotopic (exact) mass is 207 g/mol. The van der Waals surface area contributed by atoms with Crippen molar-refractivity contribution in [2.24, 2.45) is 0 Å². The first-order valence-electron chi connectivity index (χ1n) is 5.50. The van der Waals surface area contributed by atoms with Crippen LogP contribution in [0.1, 0.15) is 12.1 Å². The van der Waals surface area contributed by atoms with Crippen LogP contribution < -0.4 is 0 Å². The SMILES string of the molecule is c1cc(CCCN2CCOCC2)ncn1. The van der Waals surface area contributed by atoms with Gasteiger partial charge in [0.05, 0.1) is 13.2 Å². The van der Waals surface area contributed by atoms with Crippen LogP contribution in [0.5, 0.6) is 0 Å². The summed E-state index contributed by atoms with van der Waals surface area (Å²) in [6, 6.07) is 1.99. The zero-order valence-corrected chi connectivity index (χ0v) is 8.93. The molecule has 1 aliphatic heterocycles. The molecule has 0 bridgehead atoms. The molecular weight excluding hydrogens is 190 g/mol. The Bertz CT molecular complexity index is 272. The molecule has 0 spiro atoms. The number of rotatable bonds is 4. The molecule has 1 aromatic rings. The largest absolute Gasteiger partial charge is 0.379 e. The van der Waals surface area contributed by atoms with Gasteiger partial charge in [-0.15, -0.1) is 0 Å². The lowest BCUT2D eigenvalue weighted by Gasteiger charge is -2.26. The smallest absolute Gasteiger partial charge is 0.115 e. The van der Waals surface area contributed by atoms with Crippen LogP contribution in [0.15, 0.2) is 18.6 Å². The molecular formula is C11H17N3O. The average molecular weight is 207 g/mol. The standard InChI is InChI=1S/C11H17N3O/c1(2-11-3-4-12-10-13-11)5-14-6-8-15-9-7-14/h3-4,10H,1-2,5-9H2. The predicted octanol–water partition coefficient (Wildman–Crippen LogP) is 0.741. The van der Waals surface area contributed by atoms with E-state index < -0.39 is 0 Å². The number of hydrogen-bond acceptors (Lipinski definition) is 4. The molecule has 0 saturated carbocycles. The Morgan fingerprint density at radius 1 is 1.33 bits per heavy atom. The third-order valence-corrected chi connectivity index (χ3v) is 2.65. The Balaban J connectivity index is 1.66. The molecule has 0 aliphatic carbocycles. The van der Waals surface area contributed by atoms with Crippen LogP contribution >= 0.6 is 0 Å². The van der Waals surface area contributed by atoms with Crippen LogP contribution in [0.3, 0.4) is 0 Å². The molecule has 0 aromatic carbocycles. The number of morpholine rings is 1.